The molecule has 41 heavy (non-hydrogen) atoms. The van der Waals surface area contributed by atoms with Crippen LogP contribution in [0.25, 0.3) is 16.8 Å². The maximum atomic E-state index is 13.6. The number of hydrogen-bond donors (Lipinski definition) is 5. The van der Waals surface area contributed by atoms with Crippen molar-refractivity contribution in [3.05, 3.63) is 107 Å². The number of aromatic nitrogens is 3. The molecule has 0 unspecified atom stereocenters. The molecule has 0 radical (unpaired) electrons. The summed E-state index contributed by atoms with van der Waals surface area (Å²) in [5.74, 6) is -1.93. The summed E-state index contributed by atoms with van der Waals surface area (Å²) in [4.78, 5) is 25.8. The molecule has 2 aromatic heterocycles. The van der Waals surface area contributed by atoms with Crippen LogP contribution >= 0.6 is 12.6 Å². The van der Waals surface area contributed by atoms with Crippen molar-refractivity contribution in [3.63, 3.8) is 0 Å². The largest absolute Gasteiger partial charge is 0.388 e. The van der Waals surface area contributed by atoms with E-state index in [1.807, 2.05) is 36.4 Å². The van der Waals surface area contributed by atoms with Gasteiger partial charge in [-0.1, -0.05) is 36.9 Å². The van der Waals surface area contributed by atoms with Crippen molar-refractivity contribution in [1.82, 2.24) is 25.6 Å². The minimum Gasteiger partial charge on any atom is -0.388 e. The van der Waals surface area contributed by atoms with Gasteiger partial charge in [0.05, 0.1) is 11.6 Å². The lowest BCUT2D eigenvalue weighted by molar-refractivity contribution is 0.0945. The second-order valence-electron chi connectivity index (χ2n) is 8.76. The van der Waals surface area contributed by atoms with Gasteiger partial charge in [0.25, 0.3) is 5.91 Å². The lowest BCUT2D eigenvalue weighted by atomic mass is 10.0. The van der Waals surface area contributed by atoms with E-state index in [0.717, 1.165) is 40.1 Å². The van der Waals surface area contributed by atoms with Gasteiger partial charge in [0.2, 0.25) is 0 Å². The van der Waals surface area contributed by atoms with Crippen LogP contribution in [0, 0.1) is 23.0 Å². The zero-order valence-corrected chi connectivity index (χ0v) is 23.1. The Bertz CT molecular complexity index is 1640. The molecule has 0 bridgehead atoms. The number of carbonyl (C=O) groups excluding carboxylic acids is 1. The molecular weight excluding hydrogens is 546 g/mol. The van der Waals surface area contributed by atoms with E-state index in [1.54, 1.807) is 20.3 Å². The Morgan fingerprint density at radius 2 is 1.76 bits per heavy atom. The van der Waals surface area contributed by atoms with Gasteiger partial charge in [-0.2, -0.15) is 5.26 Å². The van der Waals surface area contributed by atoms with Crippen LogP contribution in [0.2, 0.25) is 0 Å². The first-order chi connectivity index (χ1) is 19.7. The van der Waals surface area contributed by atoms with Gasteiger partial charge in [0, 0.05) is 43.7 Å². The fraction of sp³-hybridized carbons (Fsp3) is 0.138. The number of nitriles is 1. The lowest BCUT2D eigenvalue weighted by Crippen LogP contribution is -2.28. The molecule has 2 aromatic carbocycles. The van der Waals surface area contributed by atoms with Gasteiger partial charge in [-0.05, 0) is 34.9 Å². The minimum absolute atomic E-state index is 0.0631. The summed E-state index contributed by atoms with van der Waals surface area (Å²) in [6.07, 6.45) is 3.02. The van der Waals surface area contributed by atoms with Gasteiger partial charge in [-0.15, -0.1) is 12.6 Å². The van der Waals surface area contributed by atoms with E-state index in [1.165, 1.54) is 12.3 Å². The van der Waals surface area contributed by atoms with Gasteiger partial charge < -0.3 is 21.3 Å². The molecule has 0 spiro atoms. The monoisotopic (exact) mass is 572 g/mol. The van der Waals surface area contributed by atoms with Crippen molar-refractivity contribution in [2.45, 2.75) is 11.9 Å². The second kappa shape index (κ2) is 12.9. The number of rotatable bonds is 10. The Hall–Kier alpha value is -5.02. The van der Waals surface area contributed by atoms with Crippen molar-refractivity contribution in [2.24, 2.45) is 0 Å². The van der Waals surface area contributed by atoms with Crippen LogP contribution in [0.15, 0.2) is 67.5 Å². The number of benzene rings is 2. The van der Waals surface area contributed by atoms with Gasteiger partial charge in [-0.25, -0.2) is 23.7 Å². The maximum absolute atomic E-state index is 13.6. The molecule has 4 N–H and O–H groups in total. The lowest BCUT2D eigenvalue weighted by Gasteiger charge is -2.15. The van der Waals surface area contributed by atoms with E-state index in [2.05, 4.69) is 55.4 Å². The first-order valence-electron chi connectivity index (χ1n) is 12.3. The Labute approximate surface area is 241 Å². The van der Waals surface area contributed by atoms with E-state index in [4.69, 9.17) is 0 Å². The Morgan fingerprint density at radius 1 is 1.02 bits per heavy atom. The van der Waals surface area contributed by atoms with Gasteiger partial charge in [0.15, 0.2) is 28.8 Å². The van der Waals surface area contributed by atoms with E-state index >= 15 is 0 Å². The van der Waals surface area contributed by atoms with Crippen LogP contribution in [-0.2, 0) is 6.54 Å². The van der Waals surface area contributed by atoms with Crippen LogP contribution in [0.5, 0.6) is 0 Å². The third kappa shape index (κ3) is 6.77. The SMILES string of the molecule is C=C(NC)c1cc(-c2ccc(CNc3ncc(C#N)nc3C(=O)N[C@@H](S)c3ccc(F)c(F)c3)cc2)cnc1NC. The van der Waals surface area contributed by atoms with Gasteiger partial charge >= 0.3 is 0 Å². The number of nitrogens with zero attached hydrogens (tertiary/aromatic N) is 4. The molecule has 1 atom stereocenters. The number of carbonyl (C=O) groups is 1. The molecular formula is C29H26F2N8OS. The topological polar surface area (TPSA) is 128 Å². The van der Waals surface area contributed by atoms with Crippen molar-refractivity contribution < 1.29 is 13.6 Å². The molecule has 4 rings (SSSR count). The zero-order valence-electron chi connectivity index (χ0n) is 22.2. The summed E-state index contributed by atoms with van der Waals surface area (Å²) in [5, 5.41) is 20.0. The normalized spacial score (nSPS) is 11.2. The van der Waals surface area contributed by atoms with Crippen LogP contribution in [0.3, 0.4) is 0 Å². The van der Waals surface area contributed by atoms with Crippen molar-refractivity contribution >= 4 is 35.9 Å². The molecule has 0 aliphatic heterocycles. The number of hydrogen-bond acceptors (Lipinski definition) is 9. The predicted molar refractivity (Wildman–Crippen MR) is 157 cm³/mol. The van der Waals surface area contributed by atoms with E-state index in [-0.39, 0.29) is 22.8 Å². The fourth-order valence-corrected chi connectivity index (χ4v) is 4.15. The van der Waals surface area contributed by atoms with Crippen molar-refractivity contribution in [3.8, 4) is 17.2 Å². The van der Waals surface area contributed by atoms with Gasteiger partial charge in [-0.3, -0.25) is 4.79 Å². The smallest absolute Gasteiger partial charge is 0.274 e. The highest BCUT2D eigenvalue weighted by molar-refractivity contribution is 7.80. The first-order valence-corrected chi connectivity index (χ1v) is 12.8. The molecule has 0 saturated carbocycles. The maximum Gasteiger partial charge on any atom is 0.274 e. The highest BCUT2D eigenvalue weighted by Crippen LogP contribution is 2.27. The molecule has 9 nitrogen and oxygen atoms in total. The molecule has 4 aromatic rings. The number of pyridine rings is 1. The standard InChI is InChI=1S/C29H26F2N8OS/c1-16(33-2)22-10-20(14-36-26(22)34-3)18-6-4-17(5-7-18)13-35-27-25(38-21(12-32)15-37-27)28(40)39-29(41)19-8-9-23(30)24(31)11-19/h4-11,14-15,29,33,41H,1,13H2,2-3H3,(H,34,36)(H,35,37)(H,39,40)/t29-/m0/s1. The number of amides is 1. The zero-order chi connectivity index (χ0) is 29.5. The molecule has 0 saturated heterocycles. The van der Waals surface area contributed by atoms with Crippen LogP contribution in [0.1, 0.15) is 38.2 Å². The average molecular weight is 573 g/mol. The minimum atomic E-state index is -1.06. The molecule has 0 aliphatic carbocycles. The average Bonchev–Trinajstić information content (AvgIpc) is 3.00. The van der Waals surface area contributed by atoms with E-state index in [0.29, 0.717) is 12.4 Å². The quantitative estimate of drug-likeness (QED) is 0.134. The number of nitrogens with one attached hydrogen (secondary N) is 4. The van der Waals surface area contributed by atoms with E-state index < -0.39 is 22.9 Å². The summed E-state index contributed by atoms with van der Waals surface area (Å²) in [6, 6.07) is 14.8. The molecule has 1 amide bonds. The summed E-state index contributed by atoms with van der Waals surface area (Å²) in [5.41, 5.74) is 4.37. The Morgan fingerprint density at radius 3 is 2.41 bits per heavy atom. The first kappa shape index (κ1) is 29.0. The highest BCUT2D eigenvalue weighted by Gasteiger charge is 2.20. The number of thiol groups is 1. The van der Waals surface area contributed by atoms with Crippen molar-refractivity contribution in [2.75, 3.05) is 24.7 Å². The van der Waals surface area contributed by atoms with E-state index in [9.17, 15) is 18.8 Å². The van der Waals surface area contributed by atoms with Crippen LogP contribution in [0.4, 0.5) is 20.4 Å². The molecule has 0 aliphatic rings. The van der Waals surface area contributed by atoms with Gasteiger partial charge in [0.1, 0.15) is 11.9 Å². The second-order valence-corrected chi connectivity index (χ2v) is 9.28. The third-order valence-electron chi connectivity index (χ3n) is 6.13. The molecule has 2 heterocycles. The molecule has 12 heteroatoms. The third-order valence-corrected chi connectivity index (χ3v) is 6.56. The summed E-state index contributed by atoms with van der Waals surface area (Å²) < 4.78 is 26.9. The summed E-state index contributed by atoms with van der Waals surface area (Å²) in [7, 11) is 3.60. The van der Waals surface area contributed by atoms with Crippen LogP contribution < -0.4 is 21.3 Å². The Balaban J connectivity index is 1.50. The van der Waals surface area contributed by atoms with Crippen molar-refractivity contribution in [1.29, 1.82) is 5.26 Å². The highest BCUT2D eigenvalue weighted by atomic mass is 32.1. The predicted octanol–water partition coefficient (Wildman–Crippen LogP) is 4.89. The molecule has 0 fully saturated rings. The summed E-state index contributed by atoms with van der Waals surface area (Å²) >= 11 is 4.29. The number of anilines is 2. The number of halogens is 2. The Kier molecular flexibility index (Phi) is 9.11. The fourth-order valence-electron chi connectivity index (χ4n) is 3.88. The van der Waals surface area contributed by atoms with Crippen LogP contribution in [-0.4, -0.2) is 35.0 Å². The molecule has 208 valence electrons. The summed E-state index contributed by atoms with van der Waals surface area (Å²) in [6.45, 7) is 4.33.